The van der Waals surface area contributed by atoms with Gasteiger partial charge in [-0.05, 0) is 26.3 Å². The van der Waals surface area contributed by atoms with Gasteiger partial charge in [-0.3, -0.25) is 9.97 Å². The van der Waals surface area contributed by atoms with Gasteiger partial charge in [-0.15, -0.1) is 0 Å². The molecule has 0 aliphatic carbocycles. The summed E-state index contributed by atoms with van der Waals surface area (Å²) in [5, 5.41) is 2.63. The van der Waals surface area contributed by atoms with Crippen molar-refractivity contribution in [1.29, 1.82) is 0 Å². The first-order valence-corrected chi connectivity index (χ1v) is 8.12. The van der Waals surface area contributed by atoms with E-state index < -0.39 is 15.3 Å². The lowest BCUT2D eigenvalue weighted by atomic mass is 10.1. The number of aromatic nitrogens is 2. The first-order chi connectivity index (χ1) is 9.09. The summed E-state index contributed by atoms with van der Waals surface area (Å²) >= 11 is 0. The molecule has 7 heteroatoms. The molecule has 6 nitrogen and oxygen atoms in total. The summed E-state index contributed by atoms with van der Waals surface area (Å²) in [5.41, 5.74) is 0.464. The molecule has 1 aliphatic heterocycles. The third-order valence-corrected chi connectivity index (χ3v) is 5.15. The summed E-state index contributed by atoms with van der Waals surface area (Å²) in [6, 6.07) is 0.234. The molecule has 0 radical (unpaired) electrons. The molecule has 0 spiro atoms. The van der Waals surface area contributed by atoms with Crippen LogP contribution in [0.15, 0.2) is 18.6 Å². The highest BCUT2D eigenvalue weighted by Gasteiger charge is 2.25. The van der Waals surface area contributed by atoms with Gasteiger partial charge in [-0.1, -0.05) is 6.42 Å². The Labute approximate surface area is 114 Å². The monoisotopic (exact) mass is 284 g/mol. The lowest BCUT2D eigenvalue weighted by molar-refractivity contribution is 0.397. The van der Waals surface area contributed by atoms with Crippen molar-refractivity contribution in [2.45, 2.75) is 37.5 Å². The van der Waals surface area contributed by atoms with Gasteiger partial charge in [0.2, 0.25) is 10.0 Å². The molecule has 0 unspecified atom stereocenters. The van der Waals surface area contributed by atoms with E-state index in [2.05, 4.69) is 20.0 Å². The first kappa shape index (κ1) is 14.4. The minimum Gasteiger partial charge on any atom is -0.313 e. The molecule has 1 fully saturated rings. The number of hydrogen-bond donors (Lipinski definition) is 2. The lowest BCUT2D eigenvalue weighted by Gasteiger charge is -2.24. The number of piperidine rings is 1. The summed E-state index contributed by atoms with van der Waals surface area (Å²) in [5.74, 6) is 0. The highest BCUT2D eigenvalue weighted by Crippen LogP contribution is 2.17. The zero-order valence-electron chi connectivity index (χ0n) is 11.0. The average Bonchev–Trinajstić information content (AvgIpc) is 2.46. The molecule has 106 valence electrons. The maximum absolute atomic E-state index is 12.2. The third kappa shape index (κ3) is 3.95. The molecule has 19 heavy (non-hydrogen) atoms. The van der Waals surface area contributed by atoms with Crippen LogP contribution in [0.3, 0.4) is 0 Å². The van der Waals surface area contributed by atoms with Crippen LogP contribution in [0.2, 0.25) is 0 Å². The van der Waals surface area contributed by atoms with E-state index >= 15 is 0 Å². The summed E-state index contributed by atoms with van der Waals surface area (Å²) < 4.78 is 27.0. The van der Waals surface area contributed by atoms with Crippen LogP contribution in [-0.2, 0) is 10.0 Å². The second-order valence-corrected chi connectivity index (χ2v) is 6.90. The fraction of sp³-hybridized carbons (Fsp3) is 0.667. The van der Waals surface area contributed by atoms with Crippen LogP contribution < -0.4 is 10.0 Å². The van der Waals surface area contributed by atoms with Crippen molar-refractivity contribution in [3.8, 4) is 0 Å². The molecular formula is C12H20N4O2S. The largest absolute Gasteiger partial charge is 0.313 e. The summed E-state index contributed by atoms with van der Waals surface area (Å²) in [7, 11) is -3.41. The number of hydrogen-bond acceptors (Lipinski definition) is 5. The number of rotatable bonds is 5. The smallest absolute Gasteiger partial charge is 0.220 e. The predicted octanol–water partition coefficient (Wildman–Crippen LogP) is 0.599. The summed E-state index contributed by atoms with van der Waals surface area (Å²) in [6.07, 6.45) is 7.86. The van der Waals surface area contributed by atoms with Crippen molar-refractivity contribution in [2.24, 2.45) is 0 Å². The molecule has 0 saturated carbocycles. The Morgan fingerprint density at radius 1 is 1.47 bits per heavy atom. The van der Waals surface area contributed by atoms with E-state index in [1.54, 1.807) is 6.92 Å². The molecule has 0 aromatic carbocycles. The topological polar surface area (TPSA) is 84.0 Å². The normalized spacial score (nSPS) is 22.1. The van der Waals surface area contributed by atoms with Gasteiger partial charge in [-0.25, -0.2) is 13.1 Å². The predicted molar refractivity (Wildman–Crippen MR) is 73.0 cm³/mol. The van der Waals surface area contributed by atoms with Crippen molar-refractivity contribution < 1.29 is 8.42 Å². The van der Waals surface area contributed by atoms with Gasteiger partial charge >= 0.3 is 0 Å². The Balaban J connectivity index is 1.94. The van der Waals surface area contributed by atoms with Crippen molar-refractivity contribution in [2.75, 3.05) is 13.1 Å². The lowest BCUT2D eigenvalue weighted by Crippen LogP contribution is -2.44. The summed E-state index contributed by atoms with van der Waals surface area (Å²) in [4.78, 5) is 7.94. The van der Waals surface area contributed by atoms with Crippen LogP contribution in [-0.4, -0.2) is 37.5 Å². The van der Waals surface area contributed by atoms with Crippen LogP contribution >= 0.6 is 0 Å². The average molecular weight is 284 g/mol. The Morgan fingerprint density at radius 2 is 2.32 bits per heavy atom. The van der Waals surface area contributed by atoms with E-state index in [1.807, 2.05) is 0 Å². The van der Waals surface area contributed by atoms with Crippen molar-refractivity contribution in [3.63, 3.8) is 0 Å². The van der Waals surface area contributed by atoms with E-state index in [4.69, 9.17) is 0 Å². The van der Waals surface area contributed by atoms with Crippen LogP contribution in [0, 0.1) is 0 Å². The second kappa shape index (κ2) is 6.40. The van der Waals surface area contributed by atoms with Crippen LogP contribution in [0.1, 0.15) is 37.1 Å². The Bertz CT molecular complexity index is 486. The quantitative estimate of drug-likeness (QED) is 0.827. The molecule has 1 aromatic rings. The molecule has 0 bridgehead atoms. The van der Waals surface area contributed by atoms with Gasteiger partial charge in [0.15, 0.2) is 0 Å². The highest BCUT2D eigenvalue weighted by molar-refractivity contribution is 7.89. The van der Waals surface area contributed by atoms with E-state index in [-0.39, 0.29) is 6.04 Å². The van der Waals surface area contributed by atoms with Crippen molar-refractivity contribution in [1.82, 2.24) is 20.0 Å². The number of sulfonamides is 1. The molecular weight excluding hydrogens is 264 g/mol. The number of nitrogens with one attached hydrogen (secondary N) is 2. The van der Waals surface area contributed by atoms with Gasteiger partial charge in [0, 0.05) is 31.2 Å². The molecule has 1 aliphatic rings. The van der Waals surface area contributed by atoms with Gasteiger partial charge in [0.25, 0.3) is 0 Å². The summed E-state index contributed by atoms with van der Waals surface area (Å²) in [6.45, 7) is 3.03. The molecule has 2 heterocycles. The second-order valence-electron chi connectivity index (χ2n) is 4.81. The van der Waals surface area contributed by atoms with E-state index in [0.717, 1.165) is 19.4 Å². The fourth-order valence-electron chi connectivity index (χ4n) is 2.12. The van der Waals surface area contributed by atoms with Crippen molar-refractivity contribution in [3.05, 3.63) is 24.3 Å². The maximum Gasteiger partial charge on any atom is 0.220 e. The fourth-order valence-corrected chi connectivity index (χ4v) is 3.24. The van der Waals surface area contributed by atoms with E-state index in [1.165, 1.54) is 25.0 Å². The molecule has 0 amide bonds. The SMILES string of the molecule is C[C@H](c1cnccn1)S(=O)(=O)NC[C@@H]1CCCCN1. The minimum absolute atomic E-state index is 0.234. The zero-order chi connectivity index (χ0) is 13.7. The van der Waals surface area contributed by atoms with Crippen LogP contribution in [0.5, 0.6) is 0 Å². The Hall–Kier alpha value is -1.05. The minimum atomic E-state index is -3.41. The first-order valence-electron chi connectivity index (χ1n) is 6.57. The molecule has 2 atom stereocenters. The van der Waals surface area contributed by atoms with Gasteiger partial charge < -0.3 is 5.32 Å². The maximum atomic E-state index is 12.2. The van der Waals surface area contributed by atoms with Crippen LogP contribution in [0.25, 0.3) is 0 Å². The molecule has 1 aromatic heterocycles. The van der Waals surface area contributed by atoms with Gasteiger partial charge in [0.05, 0.1) is 5.69 Å². The Morgan fingerprint density at radius 3 is 2.95 bits per heavy atom. The molecule has 2 N–H and O–H groups in total. The zero-order valence-corrected chi connectivity index (χ0v) is 11.9. The van der Waals surface area contributed by atoms with E-state index in [0.29, 0.717) is 12.2 Å². The Kier molecular flexibility index (Phi) is 4.84. The molecule has 2 rings (SSSR count). The van der Waals surface area contributed by atoms with Gasteiger partial charge in [0.1, 0.15) is 5.25 Å². The van der Waals surface area contributed by atoms with Gasteiger partial charge in [-0.2, -0.15) is 0 Å². The van der Waals surface area contributed by atoms with Crippen molar-refractivity contribution >= 4 is 10.0 Å². The third-order valence-electron chi connectivity index (χ3n) is 3.41. The van der Waals surface area contributed by atoms with Crippen LogP contribution in [0.4, 0.5) is 0 Å². The standard InChI is InChI=1S/C12H20N4O2S/c1-10(12-9-13-6-7-15-12)19(17,18)16-8-11-4-2-3-5-14-11/h6-7,9-11,14,16H,2-5,8H2,1H3/t10-,11+/m1/s1. The molecule has 1 saturated heterocycles. The number of nitrogens with zero attached hydrogens (tertiary/aromatic N) is 2. The highest BCUT2D eigenvalue weighted by atomic mass is 32.2. The van der Waals surface area contributed by atoms with E-state index in [9.17, 15) is 8.42 Å².